The fourth-order valence-electron chi connectivity index (χ4n) is 3.58. The Labute approximate surface area is 143 Å². The third kappa shape index (κ3) is 3.35. The first kappa shape index (κ1) is 17.0. The van der Waals surface area contributed by atoms with E-state index in [0.29, 0.717) is 5.41 Å². The lowest BCUT2D eigenvalue weighted by atomic mass is 9.79. The van der Waals surface area contributed by atoms with Crippen LogP contribution in [0.15, 0.2) is 4.99 Å². The fraction of sp³-hybridized carbons (Fsp3) is 0.824. The summed E-state index contributed by atoms with van der Waals surface area (Å²) < 4.78 is 0. The van der Waals surface area contributed by atoms with Gasteiger partial charge in [-0.1, -0.05) is 6.92 Å². The summed E-state index contributed by atoms with van der Waals surface area (Å²) in [6, 6.07) is -0.377. The minimum atomic E-state index is -0.778. The van der Waals surface area contributed by atoms with E-state index >= 15 is 0 Å². The number of rotatable bonds is 4. The van der Waals surface area contributed by atoms with Crippen LogP contribution in [0.2, 0.25) is 0 Å². The zero-order chi connectivity index (χ0) is 17.4. The first-order valence-electron chi connectivity index (χ1n) is 9.03. The van der Waals surface area contributed by atoms with Gasteiger partial charge in [0.2, 0.25) is 0 Å². The first-order chi connectivity index (χ1) is 11.4. The average molecular weight is 335 g/mol. The van der Waals surface area contributed by atoms with Crippen molar-refractivity contribution in [3.8, 4) is 0 Å². The van der Waals surface area contributed by atoms with Crippen molar-refractivity contribution in [1.82, 2.24) is 20.9 Å². The van der Waals surface area contributed by atoms with Crippen LogP contribution in [-0.2, 0) is 4.79 Å². The van der Waals surface area contributed by atoms with E-state index in [1.165, 1.54) is 12.8 Å². The molecule has 7 heteroatoms. The normalized spacial score (nSPS) is 30.1. The predicted octanol–water partition coefficient (Wildman–Crippen LogP) is 1.06. The van der Waals surface area contributed by atoms with Crippen molar-refractivity contribution < 1.29 is 9.59 Å². The van der Waals surface area contributed by atoms with Crippen molar-refractivity contribution in [2.45, 2.75) is 52.0 Å². The Hall–Kier alpha value is -1.79. The van der Waals surface area contributed by atoms with Crippen molar-refractivity contribution in [2.24, 2.45) is 16.3 Å². The Morgan fingerprint density at radius 3 is 2.46 bits per heavy atom. The summed E-state index contributed by atoms with van der Waals surface area (Å²) in [5, 5.41) is 8.56. The van der Waals surface area contributed by atoms with Crippen LogP contribution in [0.1, 0.15) is 46.5 Å². The summed E-state index contributed by atoms with van der Waals surface area (Å²) in [6.45, 7) is 9.64. The van der Waals surface area contributed by atoms with Crippen LogP contribution in [0.5, 0.6) is 0 Å². The van der Waals surface area contributed by atoms with Crippen LogP contribution in [0.25, 0.3) is 0 Å². The van der Waals surface area contributed by atoms with Crippen LogP contribution in [0.4, 0.5) is 4.79 Å². The smallest absolute Gasteiger partial charge is 0.322 e. The molecule has 0 spiro atoms. The Morgan fingerprint density at radius 2 is 1.96 bits per heavy atom. The van der Waals surface area contributed by atoms with E-state index in [9.17, 15) is 9.59 Å². The monoisotopic (exact) mass is 335 g/mol. The molecule has 3 N–H and O–H groups in total. The molecule has 0 bridgehead atoms. The third-order valence-corrected chi connectivity index (χ3v) is 5.73. The molecular formula is C17H29N5O2. The first-order valence-corrected chi connectivity index (χ1v) is 9.03. The topological polar surface area (TPSA) is 85.8 Å². The number of carbonyl (C=O) groups excluding carboxylic acids is 2. The minimum Gasteiger partial charge on any atom is -0.357 e. The van der Waals surface area contributed by atoms with Crippen LogP contribution in [-0.4, -0.2) is 54.5 Å². The van der Waals surface area contributed by atoms with Crippen molar-refractivity contribution in [3.05, 3.63) is 0 Å². The fourth-order valence-corrected chi connectivity index (χ4v) is 3.58. The highest BCUT2D eigenvalue weighted by Crippen LogP contribution is 2.45. The van der Waals surface area contributed by atoms with E-state index in [2.05, 4.69) is 34.7 Å². The van der Waals surface area contributed by atoms with Gasteiger partial charge in [0.25, 0.3) is 5.91 Å². The lowest BCUT2D eigenvalue weighted by Crippen LogP contribution is -2.55. The summed E-state index contributed by atoms with van der Waals surface area (Å²) in [7, 11) is 0. The van der Waals surface area contributed by atoms with E-state index in [4.69, 9.17) is 4.99 Å². The zero-order valence-corrected chi connectivity index (χ0v) is 14.9. The van der Waals surface area contributed by atoms with E-state index < -0.39 is 5.54 Å². The van der Waals surface area contributed by atoms with Crippen molar-refractivity contribution >= 4 is 17.9 Å². The Balaban J connectivity index is 1.60. The highest BCUT2D eigenvalue weighted by molar-refractivity contribution is 6.07. The summed E-state index contributed by atoms with van der Waals surface area (Å²) in [4.78, 5) is 30.7. The lowest BCUT2D eigenvalue weighted by molar-refractivity contribution is -0.125. The number of piperidine rings is 1. The van der Waals surface area contributed by atoms with Gasteiger partial charge in [0.1, 0.15) is 5.54 Å². The summed E-state index contributed by atoms with van der Waals surface area (Å²) in [5.74, 6) is 0.936. The molecular weight excluding hydrogens is 306 g/mol. The molecule has 2 aliphatic heterocycles. The highest BCUT2D eigenvalue weighted by atomic mass is 16.2. The quantitative estimate of drug-likeness (QED) is 0.407. The number of urea groups is 1. The lowest BCUT2D eigenvalue weighted by Gasteiger charge is -2.39. The van der Waals surface area contributed by atoms with Gasteiger partial charge in [0.05, 0.1) is 0 Å². The Bertz CT molecular complexity index is 549. The van der Waals surface area contributed by atoms with Crippen molar-refractivity contribution in [1.29, 1.82) is 0 Å². The van der Waals surface area contributed by atoms with E-state index in [1.807, 2.05) is 6.92 Å². The number of aliphatic imine (C=N–C) groups is 1. The number of hydrogen-bond donors (Lipinski definition) is 3. The molecule has 0 aromatic heterocycles. The van der Waals surface area contributed by atoms with Crippen molar-refractivity contribution in [3.63, 3.8) is 0 Å². The van der Waals surface area contributed by atoms with Gasteiger partial charge in [-0.15, -0.1) is 0 Å². The molecule has 24 heavy (non-hydrogen) atoms. The molecule has 0 aromatic carbocycles. The number of nitrogens with zero attached hydrogens (tertiary/aromatic N) is 2. The number of nitrogens with one attached hydrogen (secondary N) is 3. The van der Waals surface area contributed by atoms with Gasteiger partial charge in [-0.25, -0.2) is 4.79 Å². The Kier molecular flexibility index (Phi) is 4.44. The largest absolute Gasteiger partial charge is 0.357 e. The Morgan fingerprint density at radius 1 is 1.29 bits per heavy atom. The second-order valence-corrected chi connectivity index (χ2v) is 7.85. The third-order valence-electron chi connectivity index (χ3n) is 5.73. The van der Waals surface area contributed by atoms with E-state index in [1.54, 1.807) is 0 Å². The maximum atomic E-state index is 12.1. The van der Waals surface area contributed by atoms with Crippen LogP contribution < -0.4 is 16.0 Å². The number of amides is 3. The average Bonchev–Trinajstić information content (AvgIpc) is 3.22. The molecule has 1 aliphatic carbocycles. The zero-order valence-electron chi connectivity index (χ0n) is 14.9. The van der Waals surface area contributed by atoms with Gasteiger partial charge in [0, 0.05) is 26.2 Å². The second kappa shape index (κ2) is 6.26. The molecule has 2 saturated heterocycles. The molecule has 3 amide bonds. The molecule has 2 heterocycles. The molecule has 3 fully saturated rings. The number of guanidine groups is 1. The van der Waals surface area contributed by atoms with Gasteiger partial charge in [0.15, 0.2) is 5.96 Å². The minimum absolute atomic E-state index is 0.157. The molecule has 134 valence electrons. The number of hydrogen-bond acceptors (Lipinski definition) is 3. The molecule has 1 atom stereocenters. The number of carbonyl (C=O) groups is 2. The van der Waals surface area contributed by atoms with Gasteiger partial charge in [-0.3, -0.25) is 15.1 Å². The molecule has 1 unspecified atom stereocenters. The highest BCUT2D eigenvalue weighted by Gasteiger charge is 2.48. The molecule has 0 aromatic rings. The maximum absolute atomic E-state index is 12.1. The van der Waals surface area contributed by atoms with Crippen LogP contribution >= 0.6 is 0 Å². The van der Waals surface area contributed by atoms with Crippen molar-refractivity contribution in [2.75, 3.05) is 26.2 Å². The van der Waals surface area contributed by atoms with Crippen LogP contribution in [0.3, 0.4) is 0 Å². The standard InChI is InChI=1S/C17H29N5O2/c1-4-18-14(19-11-16(2)7-8-16)22-9-5-12(6-10-22)17(3)13(23)20-15(24)21-17/h12H,4-11H2,1-3H3,(H,18,19)(H2,20,21,23,24). The molecule has 7 nitrogen and oxygen atoms in total. The summed E-state index contributed by atoms with van der Waals surface area (Å²) >= 11 is 0. The summed E-state index contributed by atoms with van der Waals surface area (Å²) in [6.07, 6.45) is 4.27. The van der Waals surface area contributed by atoms with Gasteiger partial charge < -0.3 is 15.5 Å². The van der Waals surface area contributed by atoms with Gasteiger partial charge in [-0.05, 0) is 50.9 Å². The van der Waals surface area contributed by atoms with Gasteiger partial charge in [-0.2, -0.15) is 0 Å². The molecule has 3 aliphatic rings. The SMILES string of the molecule is CCNC(=NCC1(C)CC1)N1CCC(C2(C)NC(=O)NC2=O)CC1. The van der Waals surface area contributed by atoms with Gasteiger partial charge >= 0.3 is 6.03 Å². The van der Waals surface area contributed by atoms with E-state index in [-0.39, 0.29) is 17.9 Å². The molecule has 3 rings (SSSR count). The maximum Gasteiger partial charge on any atom is 0.322 e. The van der Waals surface area contributed by atoms with E-state index in [0.717, 1.165) is 45.0 Å². The predicted molar refractivity (Wildman–Crippen MR) is 92.7 cm³/mol. The molecule has 0 radical (unpaired) electrons. The number of imide groups is 1. The van der Waals surface area contributed by atoms with Crippen LogP contribution in [0, 0.1) is 11.3 Å². The number of likely N-dealkylation sites (tertiary alicyclic amines) is 1. The molecule has 1 saturated carbocycles. The second-order valence-electron chi connectivity index (χ2n) is 7.85. The summed E-state index contributed by atoms with van der Waals surface area (Å²) in [5.41, 5.74) is -0.376.